The van der Waals surface area contributed by atoms with E-state index in [4.69, 9.17) is 4.74 Å². The van der Waals surface area contributed by atoms with Gasteiger partial charge in [-0.1, -0.05) is 12.1 Å². The van der Waals surface area contributed by atoms with Gasteiger partial charge < -0.3 is 19.3 Å². The quantitative estimate of drug-likeness (QED) is 0.330. The number of carbonyl (C=O) groups excluding carboxylic acids is 3. The van der Waals surface area contributed by atoms with Crippen LogP contribution < -0.4 is 9.64 Å². The van der Waals surface area contributed by atoms with E-state index < -0.39 is 25.0 Å². The maximum atomic E-state index is 14.4. The summed E-state index contributed by atoms with van der Waals surface area (Å²) in [5.74, 6) is -1.82. The van der Waals surface area contributed by atoms with Gasteiger partial charge in [0.2, 0.25) is 0 Å². The molecule has 2 aromatic carbocycles. The Hall–Kier alpha value is -3.82. The molecule has 1 amide bonds. The van der Waals surface area contributed by atoms with Crippen LogP contribution in [-0.2, 0) is 14.3 Å². The van der Waals surface area contributed by atoms with Crippen molar-refractivity contribution in [3.63, 3.8) is 0 Å². The minimum atomic E-state index is -2.92. The lowest BCUT2D eigenvalue weighted by atomic mass is 10.1. The van der Waals surface area contributed by atoms with Crippen molar-refractivity contribution in [1.82, 2.24) is 4.90 Å². The van der Waals surface area contributed by atoms with Crippen molar-refractivity contribution in [2.24, 2.45) is 0 Å². The monoisotopic (exact) mass is 476 g/mol. The van der Waals surface area contributed by atoms with Crippen molar-refractivity contribution >= 4 is 29.4 Å². The number of piperazine rings is 1. The van der Waals surface area contributed by atoms with Gasteiger partial charge in [0.15, 0.2) is 12.4 Å². The van der Waals surface area contributed by atoms with Crippen molar-refractivity contribution in [3.05, 3.63) is 65.5 Å². The molecule has 0 bridgehead atoms. The Morgan fingerprint density at radius 1 is 1.03 bits per heavy atom. The first-order valence-corrected chi connectivity index (χ1v) is 10.5. The molecule has 3 rings (SSSR count). The number of hydrogen-bond acceptors (Lipinski definition) is 6. The number of anilines is 1. The molecular weight excluding hydrogens is 453 g/mol. The van der Waals surface area contributed by atoms with E-state index in [0.717, 1.165) is 6.08 Å². The van der Waals surface area contributed by atoms with Crippen LogP contribution in [0.1, 0.15) is 22.8 Å². The second-order valence-electron chi connectivity index (χ2n) is 7.48. The molecule has 0 radical (unpaired) electrons. The number of ketones is 1. The number of nitrogens with zero attached hydrogens (tertiary/aromatic N) is 2. The Morgan fingerprint density at radius 2 is 1.71 bits per heavy atom. The van der Waals surface area contributed by atoms with Crippen molar-refractivity contribution < 1.29 is 37.0 Å². The predicted octanol–water partition coefficient (Wildman–Crippen LogP) is 3.53. The maximum absolute atomic E-state index is 14.4. The zero-order valence-electron chi connectivity index (χ0n) is 18.4. The van der Waals surface area contributed by atoms with Crippen LogP contribution in [0.2, 0.25) is 0 Å². The molecule has 2 aromatic rings. The van der Waals surface area contributed by atoms with Gasteiger partial charge in [-0.25, -0.2) is 9.18 Å². The summed E-state index contributed by atoms with van der Waals surface area (Å²) in [6.45, 7) is -0.556. The average molecular weight is 476 g/mol. The molecule has 0 N–H and O–H groups in total. The number of halogens is 3. The Labute approximate surface area is 194 Å². The minimum Gasteiger partial charge on any atom is -0.452 e. The van der Waals surface area contributed by atoms with Crippen LogP contribution in [0.15, 0.2) is 48.5 Å². The topological polar surface area (TPSA) is 76.2 Å². The third kappa shape index (κ3) is 6.84. The fourth-order valence-electron chi connectivity index (χ4n) is 3.38. The highest BCUT2D eigenvalue weighted by Gasteiger charge is 2.23. The van der Waals surface area contributed by atoms with Gasteiger partial charge in [-0.05, 0) is 48.9 Å². The molecule has 1 fully saturated rings. The van der Waals surface area contributed by atoms with Gasteiger partial charge in [0.25, 0.3) is 5.91 Å². The van der Waals surface area contributed by atoms with E-state index in [2.05, 4.69) is 4.74 Å². The lowest BCUT2D eigenvalue weighted by molar-refractivity contribution is -0.148. The lowest BCUT2D eigenvalue weighted by Crippen LogP contribution is -2.50. The van der Waals surface area contributed by atoms with Crippen LogP contribution in [-0.4, -0.2) is 62.0 Å². The molecule has 0 aromatic heterocycles. The smallest absolute Gasteiger partial charge is 0.387 e. The van der Waals surface area contributed by atoms with Crippen molar-refractivity contribution in [1.29, 1.82) is 0 Å². The van der Waals surface area contributed by atoms with Crippen LogP contribution in [0, 0.1) is 5.82 Å². The number of alkyl halides is 2. The highest BCUT2D eigenvalue weighted by molar-refractivity contribution is 5.94. The average Bonchev–Trinajstić information content (AvgIpc) is 2.81. The summed E-state index contributed by atoms with van der Waals surface area (Å²) in [5.41, 5.74) is 1.22. The highest BCUT2D eigenvalue weighted by Crippen LogP contribution is 2.22. The Kier molecular flexibility index (Phi) is 8.29. The van der Waals surface area contributed by atoms with E-state index in [1.807, 2.05) is 0 Å². The van der Waals surface area contributed by atoms with Crippen molar-refractivity contribution in [2.75, 3.05) is 37.7 Å². The number of benzene rings is 2. The van der Waals surface area contributed by atoms with Crippen LogP contribution in [0.25, 0.3) is 6.08 Å². The molecule has 10 heteroatoms. The minimum absolute atomic E-state index is 0.00349. The van der Waals surface area contributed by atoms with E-state index in [-0.39, 0.29) is 17.4 Å². The zero-order chi connectivity index (χ0) is 24.7. The molecule has 0 spiro atoms. The van der Waals surface area contributed by atoms with Gasteiger partial charge in [0, 0.05) is 37.8 Å². The Bertz CT molecular complexity index is 1060. The molecule has 1 aliphatic heterocycles. The molecule has 1 aliphatic rings. The van der Waals surface area contributed by atoms with Gasteiger partial charge in [0.05, 0.1) is 5.69 Å². The SMILES string of the molecule is CC(=O)c1ccc(N2CCN(C(=O)COC(=O)/C=C/c3ccc(OC(F)F)cc3)CC2)c(F)c1. The summed E-state index contributed by atoms with van der Waals surface area (Å²) in [7, 11) is 0. The molecule has 34 heavy (non-hydrogen) atoms. The third-order valence-electron chi connectivity index (χ3n) is 5.18. The fraction of sp³-hybridized carbons (Fsp3) is 0.292. The van der Waals surface area contributed by atoms with Crippen molar-refractivity contribution in [3.8, 4) is 5.75 Å². The number of rotatable bonds is 8. The summed E-state index contributed by atoms with van der Waals surface area (Å²) in [6.07, 6.45) is 2.55. The predicted molar refractivity (Wildman–Crippen MR) is 118 cm³/mol. The Balaban J connectivity index is 1.44. The van der Waals surface area contributed by atoms with E-state index in [9.17, 15) is 27.6 Å². The summed E-state index contributed by atoms with van der Waals surface area (Å²) in [6, 6.07) is 9.97. The summed E-state index contributed by atoms with van der Waals surface area (Å²) in [4.78, 5) is 38.9. The zero-order valence-corrected chi connectivity index (χ0v) is 18.4. The second-order valence-corrected chi connectivity index (χ2v) is 7.48. The first-order chi connectivity index (χ1) is 16.2. The number of carbonyl (C=O) groups is 3. The standard InChI is InChI=1S/C24H23F3N2O5/c1-16(30)18-5-8-21(20(25)14-18)28-10-12-29(13-11-28)22(31)15-33-23(32)9-4-17-2-6-19(7-3-17)34-24(26)27/h2-9,14,24H,10-13,15H2,1H3/b9-4+. The molecule has 0 unspecified atom stereocenters. The number of Topliss-reactive ketones (excluding diaryl/α,β-unsaturated/α-hetero) is 1. The van der Waals surface area contributed by atoms with E-state index in [1.54, 1.807) is 17.0 Å². The fourth-order valence-corrected chi connectivity index (χ4v) is 3.38. The molecule has 1 heterocycles. The first-order valence-electron chi connectivity index (χ1n) is 10.5. The number of ether oxygens (including phenoxy) is 2. The molecular formula is C24H23F3N2O5. The molecule has 0 atom stereocenters. The number of esters is 1. The van der Waals surface area contributed by atoms with Crippen LogP contribution in [0.5, 0.6) is 5.75 Å². The summed E-state index contributed by atoms with van der Waals surface area (Å²) < 4.78 is 47.9. The largest absolute Gasteiger partial charge is 0.452 e. The van der Waals surface area contributed by atoms with E-state index in [1.165, 1.54) is 48.2 Å². The van der Waals surface area contributed by atoms with Crippen LogP contribution >= 0.6 is 0 Å². The molecule has 0 saturated carbocycles. The summed E-state index contributed by atoms with van der Waals surface area (Å²) in [5, 5.41) is 0. The first kappa shape index (κ1) is 24.8. The molecule has 180 valence electrons. The van der Waals surface area contributed by atoms with Gasteiger partial charge in [-0.15, -0.1) is 0 Å². The number of hydrogen-bond donors (Lipinski definition) is 0. The van der Waals surface area contributed by atoms with E-state index >= 15 is 0 Å². The Morgan fingerprint density at radius 3 is 2.29 bits per heavy atom. The van der Waals surface area contributed by atoms with Crippen LogP contribution in [0.3, 0.4) is 0 Å². The third-order valence-corrected chi connectivity index (χ3v) is 5.18. The molecule has 1 saturated heterocycles. The van der Waals surface area contributed by atoms with Gasteiger partial charge >= 0.3 is 12.6 Å². The normalized spacial score (nSPS) is 13.9. The molecule has 0 aliphatic carbocycles. The lowest BCUT2D eigenvalue weighted by Gasteiger charge is -2.36. The van der Waals surface area contributed by atoms with Gasteiger partial charge in [0.1, 0.15) is 11.6 Å². The van der Waals surface area contributed by atoms with Gasteiger partial charge in [-0.3, -0.25) is 9.59 Å². The maximum Gasteiger partial charge on any atom is 0.387 e. The highest BCUT2D eigenvalue weighted by atomic mass is 19.3. The van der Waals surface area contributed by atoms with Crippen LogP contribution in [0.4, 0.5) is 18.9 Å². The van der Waals surface area contributed by atoms with Crippen molar-refractivity contribution in [2.45, 2.75) is 13.5 Å². The van der Waals surface area contributed by atoms with Gasteiger partial charge in [-0.2, -0.15) is 8.78 Å². The number of amides is 1. The molecule has 7 nitrogen and oxygen atoms in total. The van der Waals surface area contributed by atoms with E-state index in [0.29, 0.717) is 43.0 Å². The second kappa shape index (κ2) is 11.4. The summed E-state index contributed by atoms with van der Waals surface area (Å²) >= 11 is 0.